The lowest BCUT2D eigenvalue weighted by Crippen LogP contribution is -2.44. The maximum Gasteiger partial charge on any atom is 0.348 e. The second kappa shape index (κ2) is 8.50. The first kappa shape index (κ1) is 21.0. The number of nitro groups is 1. The van der Waals surface area contributed by atoms with Gasteiger partial charge in [-0.15, -0.1) is 0 Å². The van der Waals surface area contributed by atoms with E-state index in [-0.39, 0.29) is 17.9 Å². The molecule has 1 heterocycles. The van der Waals surface area contributed by atoms with Gasteiger partial charge >= 0.3 is 11.9 Å². The highest BCUT2D eigenvalue weighted by Crippen LogP contribution is 2.39. The first-order chi connectivity index (χ1) is 14.8. The van der Waals surface area contributed by atoms with Gasteiger partial charge in [-0.05, 0) is 54.8 Å². The molecule has 2 fully saturated rings. The molecule has 8 nitrogen and oxygen atoms in total. The SMILES string of the molecule is O=C1OC2(CCCC2)OC(=O)C1=Cc1cc(Br)ccc1OCc1ccc([N+](=O)[O-])cc1. The summed E-state index contributed by atoms with van der Waals surface area (Å²) in [6.45, 7) is 0.147. The van der Waals surface area contributed by atoms with Crippen molar-refractivity contribution in [2.24, 2.45) is 0 Å². The van der Waals surface area contributed by atoms with E-state index in [4.69, 9.17) is 14.2 Å². The molecular weight excluding hydrogens is 470 g/mol. The fourth-order valence-electron chi connectivity index (χ4n) is 3.58. The van der Waals surface area contributed by atoms with Crippen molar-refractivity contribution in [1.82, 2.24) is 0 Å². The lowest BCUT2D eigenvalue weighted by Gasteiger charge is -2.32. The summed E-state index contributed by atoms with van der Waals surface area (Å²) in [6.07, 6.45) is 4.09. The third kappa shape index (κ3) is 4.61. The van der Waals surface area contributed by atoms with Crippen LogP contribution in [0.4, 0.5) is 5.69 Å². The summed E-state index contributed by atoms with van der Waals surface area (Å²) in [5.41, 5.74) is 1.01. The van der Waals surface area contributed by atoms with Crippen LogP contribution >= 0.6 is 15.9 Å². The average Bonchev–Trinajstić information content (AvgIpc) is 3.17. The van der Waals surface area contributed by atoms with E-state index >= 15 is 0 Å². The van der Waals surface area contributed by atoms with Gasteiger partial charge in [-0.2, -0.15) is 0 Å². The average molecular weight is 488 g/mol. The van der Waals surface area contributed by atoms with E-state index in [1.807, 2.05) is 0 Å². The Labute approximate surface area is 186 Å². The molecule has 0 radical (unpaired) electrons. The Bertz CT molecular complexity index is 1050. The Morgan fingerprint density at radius 2 is 1.71 bits per heavy atom. The highest BCUT2D eigenvalue weighted by atomic mass is 79.9. The number of nitro benzene ring substituents is 1. The molecule has 1 saturated heterocycles. The third-order valence-corrected chi connectivity index (χ3v) is 5.67. The number of non-ortho nitro benzene ring substituents is 1. The molecular formula is C22H18BrNO7. The van der Waals surface area contributed by atoms with E-state index in [1.54, 1.807) is 30.3 Å². The minimum Gasteiger partial charge on any atom is -0.488 e. The largest absolute Gasteiger partial charge is 0.488 e. The zero-order chi connectivity index (χ0) is 22.0. The highest BCUT2D eigenvalue weighted by Gasteiger charge is 2.47. The van der Waals surface area contributed by atoms with Gasteiger partial charge in [0.05, 0.1) is 4.92 Å². The number of hydrogen-bond donors (Lipinski definition) is 0. The van der Waals surface area contributed by atoms with Gasteiger partial charge in [-0.25, -0.2) is 9.59 Å². The fourth-order valence-corrected chi connectivity index (χ4v) is 3.96. The zero-order valence-electron chi connectivity index (χ0n) is 16.3. The van der Waals surface area contributed by atoms with Crippen molar-refractivity contribution in [3.63, 3.8) is 0 Å². The molecule has 0 N–H and O–H groups in total. The second-order valence-corrected chi connectivity index (χ2v) is 8.26. The Kier molecular flexibility index (Phi) is 5.77. The lowest BCUT2D eigenvalue weighted by molar-refractivity contribution is -0.384. The summed E-state index contributed by atoms with van der Waals surface area (Å²) in [4.78, 5) is 35.4. The van der Waals surface area contributed by atoms with E-state index < -0.39 is 22.6 Å². The second-order valence-electron chi connectivity index (χ2n) is 7.35. The van der Waals surface area contributed by atoms with Crippen molar-refractivity contribution in [1.29, 1.82) is 0 Å². The lowest BCUT2D eigenvalue weighted by atomic mass is 10.1. The third-order valence-electron chi connectivity index (χ3n) is 5.18. The summed E-state index contributed by atoms with van der Waals surface area (Å²) in [5, 5.41) is 10.8. The first-order valence-corrected chi connectivity index (χ1v) is 10.5. The molecule has 1 aliphatic carbocycles. The summed E-state index contributed by atoms with van der Waals surface area (Å²) in [5.74, 6) is -2.12. The number of esters is 2. The highest BCUT2D eigenvalue weighted by molar-refractivity contribution is 9.10. The summed E-state index contributed by atoms with van der Waals surface area (Å²) >= 11 is 3.38. The molecule has 0 aromatic heterocycles. The normalized spacial score (nSPS) is 17.3. The van der Waals surface area contributed by atoms with E-state index in [1.165, 1.54) is 18.2 Å². The maximum absolute atomic E-state index is 12.5. The van der Waals surface area contributed by atoms with Crippen LogP contribution in [-0.4, -0.2) is 22.6 Å². The fraction of sp³-hybridized carbons (Fsp3) is 0.273. The molecule has 0 unspecified atom stereocenters. The number of hydrogen-bond acceptors (Lipinski definition) is 7. The molecule has 0 amide bonds. The minimum atomic E-state index is -1.13. The van der Waals surface area contributed by atoms with Crippen molar-refractivity contribution in [2.45, 2.75) is 38.1 Å². The first-order valence-electron chi connectivity index (χ1n) is 9.69. The van der Waals surface area contributed by atoms with Crippen LogP contribution in [-0.2, 0) is 25.7 Å². The molecule has 2 aliphatic rings. The van der Waals surface area contributed by atoms with Crippen molar-refractivity contribution in [3.05, 3.63) is 73.8 Å². The van der Waals surface area contributed by atoms with Gasteiger partial charge in [0.2, 0.25) is 0 Å². The van der Waals surface area contributed by atoms with E-state index in [0.717, 1.165) is 22.9 Å². The molecule has 9 heteroatoms. The molecule has 2 aromatic carbocycles. The topological polar surface area (TPSA) is 105 Å². The molecule has 31 heavy (non-hydrogen) atoms. The van der Waals surface area contributed by atoms with Crippen molar-refractivity contribution in [3.8, 4) is 5.75 Å². The maximum atomic E-state index is 12.5. The van der Waals surface area contributed by atoms with Gasteiger partial charge in [-0.3, -0.25) is 10.1 Å². The summed E-state index contributed by atoms with van der Waals surface area (Å²) < 4.78 is 17.5. The van der Waals surface area contributed by atoms with Gasteiger partial charge < -0.3 is 14.2 Å². The number of nitrogens with zero attached hydrogens (tertiary/aromatic N) is 1. The molecule has 1 spiro atoms. The molecule has 1 saturated carbocycles. The number of halogens is 1. The van der Waals surface area contributed by atoms with Crippen LogP contribution in [0.15, 0.2) is 52.5 Å². The quantitative estimate of drug-likeness (QED) is 0.198. The van der Waals surface area contributed by atoms with Crippen LogP contribution in [0, 0.1) is 10.1 Å². The van der Waals surface area contributed by atoms with Gasteiger partial charge in [0.15, 0.2) is 0 Å². The Morgan fingerprint density at radius 1 is 1.06 bits per heavy atom. The zero-order valence-corrected chi connectivity index (χ0v) is 17.9. The number of benzene rings is 2. The Balaban J connectivity index is 1.55. The Hall–Kier alpha value is -3.20. The molecule has 4 rings (SSSR count). The van der Waals surface area contributed by atoms with Crippen LogP contribution in [0.3, 0.4) is 0 Å². The molecule has 160 valence electrons. The monoisotopic (exact) mass is 487 g/mol. The molecule has 1 aliphatic heterocycles. The predicted octanol–water partition coefficient (Wildman–Crippen LogP) is 4.69. The Morgan fingerprint density at radius 3 is 2.32 bits per heavy atom. The minimum absolute atomic E-state index is 0.00725. The van der Waals surface area contributed by atoms with E-state index in [2.05, 4.69) is 15.9 Å². The number of ether oxygens (including phenoxy) is 3. The summed E-state index contributed by atoms with van der Waals surface area (Å²) in [6, 6.07) is 11.2. The van der Waals surface area contributed by atoms with E-state index in [9.17, 15) is 19.7 Å². The summed E-state index contributed by atoms with van der Waals surface area (Å²) in [7, 11) is 0. The van der Waals surface area contributed by atoms with Crippen LogP contribution in [0.5, 0.6) is 5.75 Å². The molecule has 0 atom stereocenters. The predicted molar refractivity (Wildman–Crippen MR) is 113 cm³/mol. The number of carbonyl (C=O) groups excluding carboxylic acids is 2. The standard InChI is InChI=1S/C22H18BrNO7/c23-16-5-8-19(29-13-14-3-6-17(7-4-14)24(27)28)15(11-16)12-18-20(25)30-22(31-21(18)26)9-1-2-10-22/h3-8,11-12H,1-2,9-10,13H2. The van der Waals surface area contributed by atoms with Gasteiger partial charge in [0.1, 0.15) is 17.9 Å². The van der Waals surface area contributed by atoms with Gasteiger partial charge in [0.25, 0.3) is 11.5 Å². The smallest absolute Gasteiger partial charge is 0.348 e. The van der Waals surface area contributed by atoms with Gasteiger partial charge in [-0.1, -0.05) is 15.9 Å². The molecule has 2 aromatic rings. The van der Waals surface area contributed by atoms with Gasteiger partial charge in [0, 0.05) is 35.0 Å². The molecule has 0 bridgehead atoms. The van der Waals surface area contributed by atoms with Crippen molar-refractivity contribution >= 4 is 39.6 Å². The van der Waals surface area contributed by atoms with Crippen LogP contribution in [0.2, 0.25) is 0 Å². The number of carbonyl (C=O) groups is 2. The van der Waals surface area contributed by atoms with Crippen LogP contribution in [0.1, 0.15) is 36.8 Å². The number of rotatable bonds is 5. The van der Waals surface area contributed by atoms with Crippen LogP contribution < -0.4 is 4.74 Å². The van der Waals surface area contributed by atoms with E-state index in [0.29, 0.717) is 24.2 Å². The van der Waals surface area contributed by atoms with Crippen molar-refractivity contribution < 1.29 is 28.7 Å². The van der Waals surface area contributed by atoms with Crippen LogP contribution in [0.25, 0.3) is 6.08 Å². The van der Waals surface area contributed by atoms with Crippen molar-refractivity contribution in [2.75, 3.05) is 0 Å².